The number of hydrogen-bond acceptors (Lipinski definition) is 6. The van der Waals surface area contributed by atoms with Gasteiger partial charge in [0, 0.05) is 19.3 Å². The summed E-state index contributed by atoms with van der Waals surface area (Å²) in [4.78, 5) is 36.3. The maximum atomic E-state index is 13.0. The molecule has 0 amide bonds. The van der Waals surface area contributed by atoms with Gasteiger partial charge in [-0.15, -0.1) is 0 Å². The molecule has 0 unspecified atom stereocenters. The quantitative estimate of drug-likeness (QED) is 0.535. The molecule has 0 radical (unpaired) electrons. The Morgan fingerprint density at radius 3 is 1.62 bits per heavy atom. The van der Waals surface area contributed by atoms with Gasteiger partial charge in [-0.2, -0.15) is 13.2 Å². The molecule has 0 saturated heterocycles. The largest absolute Gasteiger partial charge is 0.742 e. The summed E-state index contributed by atoms with van der Waals surface area (Å²) in [5, 5.41) is 0.152. The number of benzene rings is 2. The molecule has 0 atom stereocenters. The van der Waals surface area contributed by atoms with Crippen molar-refractivity contribution in [2.24, 2.45) is 0 Å². The van der Waals surface area contributed by atoms with Crippen LogP contribution in [0.5, 0.6) is 0 Å². The first kappa shape index (κ1) is 25.1. The molecular weight excluding hydrogens is 445 g/mol. The monoisotopic (exact) mass is 468 g/mol. The molecule has 10 heteroatoms. The maximum Gasteiger partial charge on any atom is 0.742 e. The topological polar surface area (TPSA) is 78.9 Å². The molecule has 6 nitrogen and oxygen atoms in total. The Bertz CT molecular complexity index is 927. The first-order valence-electron chi connectivity index (χ1n) is 9.98. The van der Waals surface area contributed by atoms with Gasteiger partial charge in [0.05, 0.1) is 10.8 Å². The molecule has 172 valence electrons. The number of rotatable bonds is 8. The Labute approximate surface area is 184 Å². The van der Waals surface area contributed by atoms with Crippen LogP contribution in [-0.2, 0) is 33.8 Å². The standard InChI is InChI=1S/C22H23F3O6Si/c1-4-19(26)29-32(30-20(27)5-2,31-21(28)6-3)18-12-10-15(11-13-18)16-8-7-9-17(14-16)22(23,24)25/h7-14H,4-6H2,1-3H3. The zero-order valence-corrected chi connectivity index (χ0v) is 18.8. The number of alkyl halides is 3. The summed E-state index contributed by atoms with van der Waals surface area (Å²) in [6, 6.07) is 10.6. The summed E-state index contributed by atoms with van der Waals surface area (Å²) in [6.45, 7) is 4.59. The van der Waals surface area contributed by atoms with Gasteiger partial charge in [-0.05, 0) is 23.3 Å². The summed E-state index contributed by atoms with van der Waals surface area (Å²) in [6.07, 6.45) is -4.64. The molecule has 2 aromatic rings. The molecule has 0 aliphatic carbocycles. The lowest BCUT2D eigenvalue weighted by molar-refractivity contribution is -0.149. The first-order chi connectivity index (χ1) is 15.0. The van der Waals surface area contributed by atoms with Crippen LogP contribution in [0.1, 0.15) is 45.6 Å². The molecule has 0 aromatic heterocycles. The van der Waals surface area contributed by atoms with Crippen LogP contribution in [0.15, 0.2) is 48.5 Å². The molecule has 0 heterocycles. The summed E-state index contributed by atoms with van der Waals surface area (Å²) in [5.74, 6) is -2.19. The summed E-state index contributed by atoms with van der Waals surface area (Å²) in [5.41, 5.74) is -0.0538. The van der Waals surface area contributed by atoms with E-state index in [2.05, 4.69) is 0 Å². The molecule has 0 aliphatic heterocycles. The van der Waals surface area contributed by atoms with Gasteiger partial charge in [-0.3, -0.25) is 14.4 Å². The minimum Gasteiger partial charge on any atom is -0.452 e. The van der Waals surface area contributed by atoms with Crippen molar-refractivity contribution in [1.82, 2.24) is 0 Å². The number of carbonyl (C=O) groups is 3. The molecule has 0 aliphatic rings. The minimum atomic E-state index is -4.49. The van der Waals surface area contributed by atoms with E-state index < -0.39 is 38.5 Å². The molecule has 0 bridgehead atoms. The first-order valence-corrected chi connectivity index (χ1v) is 11.7. The Morgan fingerprint density at radius 1 is 0.750 bits per heavy atom. The second-order valence-corrected chi connectivity index (χ2v) is 9.00. The van der Waals surface area contributed by atoms with Crippen molar-refractivity contribution in [3.05, 3.63) is 54.1 Å². The third kappa shape index (κ3) is 6.19. The molecule has 0 saturated carbocycles. The van der Waals surface area contributed by atoms with Crippen LogP contribution >= 0.6 is 0 Å². The zero-order chi connectivity index (χ0) is 23.9. The van der Waals surface area contributed by atoms with Crippen molar-refractivity contribution in [3.8, 4) is 11.1 Å². The van der Waals surface area contributed by atoms with Gasteiger partial charge in [0.1, 0.15) is 0 Å². The fourth-order valence-corrected chi connectivity index (χ4v) is 5.03. The Morgan fingerprint density at radius 2 is 1.22 bits per heavy atom. The van der Waals surface area contributed by atoms with E-state index in [0.717, 1.165) is 12.1 Å². The summed E-state index contributed by atoms with van der Waals surface area (Å²) in [7, 11) is -4.32. The molecule has 2 aromatic carbocycles. The average Bonchev–Trinajstić information content (AvgIpc) is 2.78. The van der Waals surface area contributed by atoms with Gasteiger partial charge in [0.25, 0.3) is 17.9 Å². The number of halogens is 3. The minimum absolute atomic E-state index is 0.0512. The molecule has 0 N–H and O–H groups in total. The third-order valence-electron chi connectivity index (χ3n) is 4.37. The van der Waals surface area contributed by atoms with Crippen LogP contribution in [-0.4, -0.2) is 26.7 Å². The normalized spacial score (nSPS) is 11.6. The van der Waals surface area contributed by atoms with Gasteiger partial charge < -0.3 is 13.3 Å². The molecular formula is C22H23F3O6Si. The smallest absolute Gasteiger partial charge is 0.452 e. The van der Waals surface area contributed by atoms with Crippen LogP contribution in [0.3, 0.4) is 0 Å². The van der Waals surface area contributed by atoms with E-state index in [4.69, 9.17) is 13.3 Å². The highest BCUT2D eigenvalue weighted by molar-refractivity contribution is 6.79. The summed E-state index contributed by atoms with van der Waals surface area (Å²) >= 11 is 0. The van der Waals surface area contributed by atoms with Crippen molar-refractivity contribution in [2.75, 3.05) is 0 Å². The summed E-state index contributed by atoms with van der Waals surface area (Å²) < 4.78 is 55.3. The van der Waals surface area contributed by atoms with E-state index in [0.29, 0.717) is 11.1 Å². The van der Waals surface area contributed by atoms with Gasteiger partial charge in [-0.1, -0.05) is 57.2 Å². The average molecular weight is 469 g/mol. The van der Waals surface area contributed by atoms with E-state index in [1.54, 1.807) is 0 Å². The highest BCUT2D eigenvalue weighted by atomic mass is 28.4. The van der Waals surface area contributed by atoms with E-state index in [1.165, 1.54) is 57.2 Å². The highest BCUT2D eigenvalue weighted by Gasteiger charge is 2.55. The van der Waals surface area contributed by atoms with Crippen molar-refractivity contribution in [2.45, 2.75) is 46.2 Å². The molecule has 0 fully saturated rings. The predicted molar refractivity (Wildman–Crippen MR) is 111 cm³/mol. The molecule has 32 heavy (non-hydrogen) atoms. The van der Waals surface area contributed by atoms with Crippen molar-refractivity contribution in [1.29, 1.82) is 0 Å². The van der Waals surface area contributed by atoms with Gasteiger partial charge in [0.2, 0.25) is 0 Å². The SMILES string of the molecule is CCC(=O)O[Si](OC(=O)CC)(OC(=O)CC)c1ccc(-c2cccc(C(F)(F)F)c2)cc1. The van der Waals surface area contributed by atoms with Gasteiger partial charge in [-0.25, -0.2) is 0 Å². The second kappa shape index (κ2) is 10.4. The third-order valence-corrected chi connectivity index (χ3v) is 6.90. The van der Waals surface area contributed by atoms with Crippen molar-refractivity contribution < 1.29 is 40.8 Å². The fourth-order valence-electron chi connectivity index (χ4n) is 2.65. The van der Waals surface area contributed by atoms with Crippen LogP contribution in [0.25, 0.3) is 11.1 Å². The Hall–Kier alpha value is -3.14. The number of hydrogen-bond donors (Lipinski definition) is 0. The lowest BCUT2D eigenvalue weighted by Crippen LogP contribution is -2.59. The van der Waals surface area contributed by atoms with Crippen molar-refractivity contribution >= 4 is 31.9 Å². The lowest BCUT2D eigenvalue weighted by atomic mass is 10.0. The van der Waals surface area contributed by atoms with Gasteiger partial charge in [0.15, 0.2) is 0 Å². The van der Waals surface area contributed by atoms with E-state index in [9.17, 15) is 27.6 Å². The Kier molecular flexibility index (Phi) is 8.20. The van der Waals surface area contributed by atoms with Crippen LogP contribution in [0.2, 0.25) is 0 Å². The predicted octanol–water partition coefficient (Wildman–Crippen LogP) is 4.38. The second-order valence-electron chi connectivity index (χ2n) is 6.69. The fraction of sp³-hybridized carbons (Fsp3) is 0.318. The Balaban J connectivity index is 2.52. The lowest BCUT2D eigenvalue weighted by Gasteiger charge is -2.27. The highest BCUT2D eigenvalue weighted by Crippen LogP contribution is 2.32. The molecule has 0 spiro atoms. The van der Waals surface area contributed by atoms with Crippen LogP contribution in [0, 0.1) is 0 Å². The molecule has 2 rings (SSSR count). The van der Waals surface area contributed by atoms with Crippen molar-refractivity contribution in [3.63, 3.8) is 0 Å². The zero-order valence-electron chi connectivity index (χ0n) is 17.8. The number of carbonyl (C=O) groups excluding carboxylic acids is 3. The van der Waals surface area contributed by atoms with Crippen LogP contribution < -0.4 is 5.19 Å². The van der Waals surface area contributed by atoms with E-state index >= 15 is 0 Å². The van der Waals surface area contributed by atoms with Gasteiger partial charge >= 0.3 is 15.0 Å². The maximum absolute atomic E-state index is 13.0. The van der Waals surface area contributed by atoms with E-state index in [-0.39, 0.29) is 24.4 Å². The van der Waals surface area contributed by atoms with E-state index in [1.807, 2.05) is 0 Å². The van der Waals surface area contributed by atoms with Crippen LogP contribution in [0.4, 0.5) is 13.2 Å².